The number of hydrogen-bond acceptors (Lipinski definition) is 7. The van der Waals surface area contributed by atoms with Crippen LogP contribution in [0, 0.1) is 6.92 Å². The predicted molar refractivity (Wildman–Crippen MR) is 157 cm³/mol. The van der Waals surface area contributed by atoms with Crippen LogP contribution in [0.5, 0.6) is 23.0 Å². The molecule has 0 spiro atoms. The van der Waals surface area contributed by atoms with Crippen LogP contribution in [-0.4, -0.2) is 33.7 Å². The van der Waals surface area contributed by atoms with Gasteiger partial charge >= 0.3 is 0 Å². The second-order valence-corrected chi connectivity index (χ2v) is 9.32. The minimum Gasteiger partial charge on any atom is -0.493 e. The van der Waals surface area contributed by atoms with Crippen LogP contribution in [0.25, 0.3) is 28.4 Å². The molecule has 3 aromatic carbocycles. The number of allylic oxidation sites excluding steroid dienone is 2. The van der Waals surface area contributed by atoms with Gasteiger partial charge in [-0.3, -0.25) is 9.59 Å². The van der Waals surface area contributed by atoms with E-state index in [1.807, 2.05) is 50.3 Å². The van der Waals surface area contributed by atoms with Gasteiger partial charge in [0.2, 0.25) is 5.75 Å². The number of ether oxygens (including phenoxy) is 4. The SMILES string of the molecule is COc1cc(/C=C/C(=O)c2c(OCC=C(C)C)ccc3c(=O)c(C)c(-c4ccccc4)oc23)cc(OC)c1OC. The summed E-state index contributed by atoms with van der Waals surface area (Å²) in [6.45, 7) is 5.90. The third kappa shape index (κ3) is 5.78. The molecule has 0 radical (unpaired) electrons. The molecule has 0 fully saturated rings. The monoisotopic (exact) mass is 540 g/mol. The first kappa shape index (κ1) is 28.2. The van der Waals surface area contributed by atoms with Gasteiger partial charge < -0.3 is 23.4 Å². The van der Waals surface area contributed by atoms with E-state index in [-0.39, 0.29) is 23.2 Å². The highest BCUT2D eigenvalue weighted by molar-refractivity contribution is 6.15. The molecule has 1 heterocycles. The van der Waals surface area contributed by atoms with Gasteiger partial charge in [-0.25, -0.2) is 0 Å². The van der Waals surface area contributed by atoms with Crippen molar-refractivity contribution in [3.63, 3.8) is 0 Å². The number of methoxy groups -OCH3 is 3. The lowest BCUT2D eigenvalue weighted by molar-refractivity contribution is 0.104. The summed E-state index contributed by atoms with van der Waals surface area (Å²) in [5, 5.41) is 0.302. The maximum Gasteiger partial charge on any atom is 0.203 e. The molecule has 4 aromatic rings. The second-order valence-electron chi connectivity index (χ2n) is 9.32. The Morgan fingerprint density at radius 3 is 2.17 bits per heavy atom. The van der Waals surface area contributed by atoms with E-state index in [0.717, 1.165) is 11.1 Å². The number of rotatable bonds is 10. The lowest BCUT2D eigenvalue weighted by Crippen LogP contribution is -2.11. The summed E-state index contributed by atoms with van der Waals surface area (Å²) >= 11 is 0. The van der Waals surface area contributed by atoms with Gasteiger partial charge in [0, 0.05) is 11.1 Å². The smallest absolute Gasteiger partial charge is 0.203 e. The third-order valence-corrected chi connectivity index (χ3v) is 6.38. The van der Waals surface area contributed by atoms with Crippen molar-refractivity contribution in [2.24, 2.45) is 0 Å². The normalized spacial score (nSPS) is 10.9. The van der Waals surface area contributed by atoms with Crippen molar-refractivity contribution in [1.82, 2.24) is 0 Å². The standard InChI is InChI=1S/C33H32O7/c1-20(2)16-17-39-26-15-13-24-30(35)21(3)31(23-10-8-7-9-11-23)40-32(24)29(26)25(34)14-12-22-18-27(36-4)33(38-6)28(19-22)37-5/h7-16,18-19H,17H2,1-6H3/b14-12+. The van der Waals surface area contributed by atoms with Crippen molar-refractivity contribution < 1.29 is 28.2 Å². The molecule has 0 saturated carbocycles. The van der Waals surface area contributed by atoms with Crippen molar-refractivity contribution in [3.8, 4) is 34.3 Å². The number of ketones is 1. The number of benzene rings is 3. The van der Waals surface area contributed by atoms with Crippen LogP contribution >= 0.6 is 0 Å². The van der Waals surface area contributed by atoms with Gasteiger partial charge in [-0.15, -0.1) is 0 Å². The Hall–Kier alpha value is -4.78. The lowest BCUT2D eigenvalue weighted by Gasteiger charge is -2.14. The topological polar surface area (TPSA) is 84.2 Å². The van der Waals surface area contributed by atoms with Gasteiger partial charge in [0.15, 0.2) is 28.3 Å². The quantitative estimate of drug-likeness (QED) is 0.121. The Kier molecular flexibility index (Phi) is 8.74. The highest BCUT2D eigenvalue weighted by Gasteiger charge is 2.22. The molecule has 0 amide bonds. The van der Waals surface area contributed by atoms with E-state index in [1.54, 1.807) is 37.3 Å². The van der Waals surface area contributed by atoms with Gasteiger partial charge in [0.05, 0.1) is 26.7 Å². The van der Waals surface area contributed by atoms with Crippen molar-refractivity contribution >= 4 is 22.8 Å². The van der Waals surface area contributed by atoms with Crippen molar-refractivity contribution in [2.45, 2.75) is 20.8 Å². The summed E-state index contributed by atoms with van der Waals surface area (Å²) in [4.78, 5) is 27.2. The van der Waals surface area contributed by atoms with Gasteiger partial charge in [-0.05, 0) is 62.8 Å². The Morgan fingerprint density at radius 1 is 0.900 bits per heavy atom. The highest BCUT2D eigenvalue weighted by atomic mass is 16.5. The van der Waals surface area contributed by atoms with E-state index in [4.69, 9.17) is 23.4 Å². The fraction of sp³-hybridized carbons (Fsp3) is 0.212. The number of carbonyl (C=O) groups is 1. The van der Waals surface area contributed by atoms with E-state index in [2.05, 4.69) is 0 Å². The predicted octanol–water partition coefficient (Wildman–Crippen LogP) is 7.04. The van der Waals surface area contributed by atoms with Crippen LogP contribution in [0.1, 0.15) is 35.3 Å². The van der Waals surface area contributed by atoms with Gasteiger partial charge in [-0.1, -0.05) is 42.0 Å². The Bertz CT molecular complexity index is 1630. The summed E-state index contributed by atoms with van der Waals surface area (Å²) in [7, 11) is 4.57. The van der Waals surface area contributed by atoms with Crippen molar-refractivity contribution in [2.75, 3.05) is 27.9 Å². The molecule has 0 unspecified atom stereocenters. The molecule has 206 valence electrons. The molecule has 40 heavy (non-hydrogen) atoms. The Balaban J connectivity index is 1.89. The van der Waals surface area contributed by atoms with Crippen LogP contribution in [0.4, 0.5) is 0 Å². The number of fused-ring (bicyclic) bond motifs is 1. The highest BCUT2D eigenvalue weighted by Crippen LogP contribution is 2.39. The van der Waals surface area contributed by atoms with E-state index in [9.17, 15) is 9.59 Å². The molecule has 0 atom stereocenters. The van der Waals surface area contributed by atoms with Crippen LogP contribution < -0.4 is 24.4 Å². The van der Waals surface area contributed by atoms with Gasteiger partial charge in [0.1, 0.15) is 23.7 Å². The first-order valence-corrected chi connectivity index (χ1v) is 12.7. The van der Waals surface area contributed by atoms with E-state index in [1.165, 1.54) is 27.4 Å². The molecule has 0 bridgehead atoms. The molecule has 0 aliphatic rings. The lowest BCUT2D eigenvalue weighted by atomic mass is 10.0. The largest absolute Gasteiger partial charge is 0.493 e. The molecule has 0 aliphatic carbocycles. The van der Waals surface area contributed by atoms with E-state index < -0.39 is 5.78 Å². The van der Waals surface area contributed by atoms with Crippen LogP contribution in [0.3, 0.4) is 0 Å². The fourth-order valence-electron chi connectivity index (χ4n) is 4.30. The molecule has 0 N–H and O–H groups in total. The zero-order chi connectivity index (χ0) is 28.8. The average Bonchev–Trinajstić information content (AvgIpc) is 2.97. The molecule has 7 nitrogen and oxygen atoms in total. The van der Waals surface area contributed by atoms with Crippen LogP contribution in [0.15, 0.2) is 81.5 Å². The maximum absolute atomic E-state index is 13.8. The molecule has 7 heteroatoms. The zero-order valence-corrected chi connectivity index (χ0v) is 23.5. The molecular formula is C33H32O7. The summed E-state index contributed by atoms with van der Waals surface area (Å²) < 4.78 is 28.6. The Labute approximate surface area is 233 Å². The molecular weight excluding hydrogens is 508 g/mol. The fourth-order valence-corrected chi connectivity index (χ4v) is 4.30. The molecule has 0 saturated heterocycles. The Morgan fingerprint density at radius 2 is 1.57 bits per heavy atom. The zero-order valence-electron chi connectivity index (χ0n) is 23.5. The first-order chi connectivity index (χ1) is 19.3. The second kappa shape index (κ2) is 12.4. The van der Waals surface area contributed by atoms with E-state index in [0.29, 0.717) is 45.3 Å². The van der Waals surface area contributed by atoms with Crippen LogP contribution in [0.2, 0.25) is 0 Å². The number of carbonyl (C=O) groups excluding carboxylic acids is 1. The van der Waals surface area contributed by atoms with E-state index >= 15 is 0 Å². The molecule has 1 aromatic heterocycles. The molecule has 0 aliphatic heterocycles. The average molecular weight is 541 g/mol. The number of hydrogen-bond donors (Lipinski definition) is 0. The third-order valence-electron chi connectivity index (χ3n) is 6.38. The summed E-state index contributed by atoms with van der Waals surface area (Å²) in [5.74, 6) is 1.69. The minimum absolute atomic E-state index is 0.164. The van der Waals surface area contributed by atoms with Crippen molar-refractivity contribution in [1.29, 1.82) is 0 Å². The summed E-state index contributed by atoms with van der Waals surface area (Å²) in [6.07, 6.45) is 4.95. The summed E-state index contributed by atoms with van der Waals surface area (Å²) in [5.41, 5.74) is 3.05. The maximum atomic E-state index is 13.8. The summed E-state index contributed by atoms with van der Waals surface area (Å²) in [6, 6.07) is 16.1. The minimum atomic E-state index is -0.391. The van der Waals surface area contributed by atoms with Crippen molar-refractivity contribution in [3.05, 3.63) is 99.2 Å². The van der Waals surface area contributed by atoms with Gasteiger partial charge in [-0.2, -0.15) is 0 Å². The first-order valence-electron chi connectivity index (χ1n) is 12.7. The molecule has 4 rings (SSSR count). The van der Waals surface area contributed by atoms with Gasteiger partial charge in [0.25, 0.3) is 0 Å². The van der Waals surface area contributed by atoms with Crippen LogP contribution in [-0.2, 0) is 0 Å².